The number of carboxylic acids is 1. The Balaban J connectivity index is 1.81. The highest BCUT2D eigenvalue weighted by atomic mass is 32.2. The molecule has 2 atom stereocenters. The van der Waals surface area contributed by atoms with E-state index in [2.05, 4.69) is 0 Å². The molecule has 1 amide bonds. The molecule has 0 aromatic rings. The van der Waals surface area contributed by atoms with E-state index in [4.69, 9.17) is 9.84 Å². The van der Waals surface area contributed by atoms with Crippen LogP contribution in [-0.2, 0) is 9.53 Å². The Morgan fingerprint density at radius 3 is 2.93 bits per heavy atom. The van der Waals surface area contributed by atoms with Gasteiger partial charge in [0.15, 0.2) is 6.10 Å². The zero-order valence-electron chi connectivity index (χ0n) is 8.22. The molecule has 6 heteroatoms. The van der Waals surface area contributed by atoms with E-state index in [-0.39, 0.29) is 11.3 Å². The van der Waals surface area contributed by atoms with E-state index in [1.807, 2.05) is 0 Å². The van der Waals surface area contributed by atoms with E-state index in [0.717, 1.165) is 18.7 Å². The van der Waals surface area contributed by atoms with Gasteiger partial charge in [-0.05, 0) is 12.8 Å². The smallest absolute Gasteiger partial charge is 0.332 e. The van der Waals surface area contributed by atoms with Crippen LogP contribution in [-0.4, -0.2) is 52.3 Å². The standard InChI is InChI=1S/C9H13NO4S/c11-8(12)7-2-1-6(14-7)5-10-3-4-15-9(10)13/h6-7H,1-5H2,(H,11,12). The van der Waals surface area contributed by atoms with Crippen LogP contribution in [0.15, 0.2) is 0 Å². The highest BCUT2D eigenvalue weighted by molar-refractivity contribution is 8.13. The van der Waals surface area contributed by atoms with Crippen molar-refractivity contribution in [3.8, 4) is 0 Å². The second-order valence-corrected chi connectivity index (χ2v) is 4.77. The van der Waals surface area contributed by atoms with Crippen LogP contribution >= 0.6 is 11.8 Å². The first-order chi connectivity index (χ1) is 7.16. The lowest BCUT2D eigenvalue weighted by Crippen LogP contribution is -2.33. The van der Waals surface area contributed by atoms with Crippen molar-refractivity contribution >= 4 is 23.0 Å². The highest BCUT2D eigenvalue weighted by Crippen LogP contribution is 2.24. The van der Waals surface area contributed by atoms with E-state index in [1.165, 1.54) is 11.8 Å². The molecule has 2 aliphatic heterocycles. The SMILES string of the molecule is O=C(O)C1CCC(CN2CCSC2=O)O1. The van der Waals surface area contributed by atoms with E-state index in [9.17, 15) is 9.59 Å². The maximum Gasteiger partial charge on any atom is 0.332 e. The molecule has 0 spiro atoms. The number of carboxylic acid groups (broad SMARTS) is 1. The van der Waals surface area contributed by atoms with E-state index >= 15 is 0 Å². The summed E-state index contributed by atoms with van der Waals surface area (Å²) in [7, 11) is 0. The average molecular weight is 231 g/mol. The molecule has 2 unspecified atom stereocenters. The lowest BCUT2D eigenvalue weighted by molar-refractivity contribution is -0.149. The number of carbonyl (C=O) groups is 2. The maximum absolute atomic E-state index is 11.3. The van der Waals surface area contributed by atoms with E-state index in [0.29, 0.717) is 13.0 Å². The fourth-order valence-corrected chi connectivity index (χ4v) is 2.69. The molecule has 0 aliphatic carbocycles. The van der Waals surface area contributed by atoms with Crippen LogP contribution in [0.25, 0.3) is 0 Å². The van der Waals surface area contributed by atoms with Crippen molar-refractivity contribution in [2.45, 2.75) is 25.0 Å². The predicted octanol–water partition coefficient (Wildman–Crippen LogP) is 0.787. The van der Waals surface area contributed by atoms with Gasteiger partial charge in [0.2, 0.25) is 0 Å². The van der Waals surface area contributed by atoms with Crippen molar-refractivity contribution < 1.29 is 19.4 Å². The molecule has 2 aliphatic rings. The Bertz CT molecular complexity index is 283. The molecule has 2 rings (SSSR count). The summed E-state index contributed by atoms with van der Waals surface area (Å²) in [5, 5.41) is 8.82. The van der Waals surface area contributed by atoms with Crippen LogP contribution in [0.5, 0.6) is 0 Å². The van der Waals surface area contributed by atoms with Gasteiger partial charge in [-0.25, -0.2) is 4.79 Å². The van der Waals surface area contributed by atoms with Crippen molar-refractivity contribution in [2.75, 3.05) is 18.8 Å². The third-order valence-corrected chi connectivity index (χ3v) is 3.54. The van der Waals surface area contributed by atoms with E-state index in [1.54, 1.807) is 4.90 Å². The first kappa shape index (κ1) is 10.8. The van der Waals surface area contributed by atoms with Gasteiger partial charge >= 0.3 is 5.97 Å². The van der Waals surface area contributed by atoms with Crippen LogP contribution < -0.4 is 0 Å². The summed E-state index contributed by atoms with van der Waals surface area (Å²) in [6, 6.07) is 0. The topological polar surface area (TPSA) is 66.8 Å². The predicted molar refractivity (Wildman–Crippen MR) is 55.0 cm³/mol. The molecular weight excluding hydrogens is 218 g/mol. The van der Waals surface area contributed by atoms with Crippen molar-refractivity contribution in [3.05, 3.63) is 0 Å². The molecule has 2 fully saturated rings. The fourth-order valence-electron chi connectivity index (χ4n) is 1.86. The first-order valence-corrected chi connectivity index (χ1v) is 5.95. The van der Waals surface area contributed by atoms with Gasteiger partial charge < -0.3 is 14.7 Å². The van der Waals surface area contributed by atoms with Gasteiger partial charge in [-0.2, -0.15) is 0 Å². The summed E-state index contributed by atoms with van der Waals surface area (Å²) >= 11 is 1.31. The molecule has 0 saturated carbocycles. The normalized spacial score (nSPS) is 31.2. The summed E-state index contributed by atoms with van der Waals surface area (Å²) in [5.74, 6) is -0.0758. The Labute approximate surface area is 91.8 Å². The zero-order valence-corrected chi connectivity index (χ0v) is 9.03. The molecular formula is C9H13NO4S. The number of aliphatic carboxylic acids is 1. The molecule has 84 valence electrons. The third-order valence-electron chi connectivity index (χ3n) is 2.65. The number of carbonyl (C=O) groups excluding carboxylic acids is 1. The fraction of sp³-hybridized carbons (Fsp3) is 0.778. The van der Waals surface area contributed by atoms with Crippen molar-refractivity contribution in [1.82, 2.24) is 4.90 Å². The number of rotatable bonds is 3. The molecule has 0 bridgehead atoms. The number of thioether (sulfide) groups is 1. The van der Waals surface area contributed by atoms with Crippen LogP contribution in [0, 0.1) is 0 Å². The van der Waals surface area contributed by atoms with Gasteiger partial charge in [0, 0.05) is 18.8 Å². The Kier molecular flexibility index (Phi) is 3.16. The molecule has 0 radical (unpaired) electrons. The van der Waals surface area contributed by atoms with Crippen LogP contribution in [0.1, 0.15) is 12.8 Å². The Hall–Kier alpha value is -0.750. The second kappa shape index (κ2) is 4.40. The number of amides is 1. The Morgan fingerprint density at radius 1 is 1.60 bits per heavy atom. The van der Waals surface area contributed by atoms with Crippen LogP contribution in [0.4, 0.5) is 4.79 Å². The van der Waals surface area contributed by atoms with Crippen LogP contribution in [0.2, 0.25) is 0 Å². The lowest BCUT2D eigenvalue weighted by Gasteiger charge is -2.19. The summed E-state index contributed by atoms with van der Waals surface area (Å²) in [6.07, 6.45) is 0.495. The minimum atomic E-state index is -0.903. The van der Waals surface area contributed by atoms with Gasteiger partial charge in [0.1, 0.15) is 0 Å². The van der Waals surface area contributed by atoms with Gasteiger partial charge in [-0.1, -0.05) is 11.8 Å². The third kappa shape index (κ3) is 2.43. The molecule has 15 heavy (non-hydrogen) atoms. The van der Waals surface area contributed by atoms with Gasteiger partial charge in [-0.15, -0.1) is 0 Å². The van der Waals surface area contributed by atoms with Gasteiger partial charge in [0.05, 0.1) is 6.10 Å². The monoisotopic (exact) mass is 231 g/mol. The lowest BCUT2D eigenvalue weighted by atomic mass is 10.2. The van der Waals surface area contributed by atoms with E-state index < -0.39 is 12.1 Å². The maximum atomic E-state index is 11.3. The number of hydrogen-bond acceptors (Lipinski definition) is 4. The van der Waals surface area contributed by atoms with Crippen molar-refractivity contribution in [1.29, 1.82) is 0 Å². The van der Waals surface area contributed by atoms with Gasteiger partial charge in [0.25, 0.3) is 5.24 Å². The second-order valence-electron chi connectivity index (χ2n) is 3.72. The number of nitrogens with zero attached hydrogens (tertiary/aromatic N) is 1. The number of ether oxygens (including phenoxy) is 1. The highest BCUT2D eigenvalue weighted by Gasteiger charge is 2.33. The summed E-state index contributed by atoms with van der Waals surface area (Å²) < 4.78 is 5.33. The zero-order chi connectivity index (χ0) is 10.8. The summed E-state index contributed by atoms with van der Waals surface area (Å²) in [4.78, 5) is 23.7. The minimum Gasteiger partial charge on any atom is -0.479 e. The molecule has 1 N–H and O–H groups in total. The molecule has 2 saturated heterocycles. The van der Waals surface area contributed by atoms with Crippen molar-refractivity contribution in [2.24, 2.45) is 0 Å². The first-order valence-electron chi connectivity index (χ1n) is 4.97. The summed E-state index contributed by atoms with van der Waals surface area (Å²) in [6.45, 7) is 1.29. The molecule has 0 aromatic heterocycles. The largest absolute Gasteiger partial charge is 0.479 e. The molecule has 5 nitrogen and oxygen atoms in total. The minimum absolute atomic E-state index is 0.0809. The van der Waals surface area contributed by atoms with Crippen molar-refractivity contribution in [3.63, 3.8) is 0 Å². The summed E-state index contributed by atoms with van der Waals surface area (Å²) in [5.41, 5.74) is 0. The van der Waals surface area contributed by atoms with Gasteiger partial charge in [-0.3, -0.25) is 4.79 Å². The molecule has 2 heterocycles. The average Bonchev–Trinajstić information content (AvgIpc) is 2.77. The van der Waals surface area contributed by atoms with Crippen LogP contribution in [0.3, 0.4) is 0 Å². The number of hydrogen-bond donors (Lipinski definition) is 1. The quantitative estimate of drug-likeness (QED) is 0.777. The Morgan fingerprint density at radius 2 is 2.40 bits per heavy atom. The molecule has 0 aromatic carbocycles.